The molecule has 1 fully saturated rings. The Morgan fingerprint density at radius 1 is 0.452 bits per heavy atom. The van der Waals surface area contributed by atoms with Crippen molar-refractivity contribution in [1.82, 2.24) is 0 Å². The maximum atomic E-state index is 13.1. The Morgan fingerprint density at radius 3 is 1.27 bits per heavy atom. The molecule has 1 heterocycles. The van der Waals surface area contributed by atoms with Gasteiger partial charge in [0.25, 0.3) is 0 Å². The molecule has 6 unspecified atom stereocenters. The quantitative estimate of drug-likeness (QED) is 0.0228. The van der Waals surface area contributed by atoms with Gasteiger partial charge in [0.15, 0.2) is 24.6 Å². The fraction of sp³-hybridized carbons (Fsp3) is 0.836. The van der Waals surface area contributed by atoms with Gasteiger partial charge in [-0.3, -0.25) is 14.4 Å². The molecule has 1 saturated heterocycles. The van der Waals surface area contributed by atoms with Crippen molar-refractivity contribution in [2.75, 3.05) is 13.2 Å². The molecule has 1 aliphatic heterocycles. The molecule has 6 atom stereocenters. The summed E-state index contributed by atoms with van der Waals surface area (Å²) < 4.78 is 28.4. The number of ether oxygens (including phenoxy) is 5. The first-order chi connectivity index (χ1) is 35.6. The van der Waals surface area contributed by atoms with Gasteiger partial charge in [-0.15, -0.1) is 0 Å². The number of hydrogen-bond acceptors (Lipinski definition) is 11. The normalized spacial score (nSPS) is 18.5. The van der Waals surface area contributed by atoms with Crippen molar-refractivity contribution in [1.29, 1.82) is 0 Å². The number of carboxylic acids is 1. The Balaban J connectivity index is 2.69. The van der Waals surface area contributed by atoms with Gasteiger partial charge in [-0.2, -0.15) is 0 Å². The van der Waals surface area contributed by atoms with Gasteiger partial charge in [-0.05, 0) is 77.0 Å². The topological polar surface area (TPSA) is 175 Å². The van der Waals surface area contributed by atoms with Crippen molar-refractivity contribution in [2.24, 2.45) is 0 Å². The van der Waals surface area contributed by atoms with Crippen LogP contribution in [0.1, 0.15) is 278 Å². The van der Waals surface area contributed by atoms with E-state index in [1.54, 1.807) is 0 Å². The zero-order chi connectivity index (χ0) is 53.3. The number of hydrogen-bond donors (Lipinski definition) is 3. The number of aliphatic hydroxyl groups is 2. The highest BCUT2D eigenvalue weighted by molar-refractivity contribution is 5.74. The van der Waals surface area contributed by atoms with Crippen molar-refractivity contribution in [3.63, 3.8) is 0 Å². The molecule has 3 N–H and O–H groups in total. The lowest BCUT2D eigenvalue weighted by Crippen LogP contribution is -2.61. The molecule has 12 nitrogen and oxygen atoms in total. The second kappa shape index (κ2) is 49.8. The molecule has 0 saturated carbocycles. The molecular weight excluding hydrogens is 925 g/mol. The van der Waals surface area contributed by atoms with E-state index in [2.05, 4.69) is 57.2 Å². The maximum absolute atomic E-state index is 13.1. The van der Waals surface area contributed by atoms with Gasteiger partial charge >= 0.3 is 23.9 Å². The number of rotatable bonds is 51. The van der Waals surface area contributed by atoms with Crippen LogP contribution in [0.2, 0.25) is 0 Å². The number of aliphatic carboxylic acids is 1. The van der Waals surface area contributed by atoms with Crippen molar-refractivity contribution in [2.45, 2.75) is 314 Å². The third-order valence-electron chi connectivity index (χ3n) is 13.7. The molecule has 0 bridgehead atoms. The first-order valence-corrected chi connectivity index (χ1v) is 30.0. The third-order valence-corrected chi connectivity index (χ3v) is 13.7. The van der Waals surface area contributed by atoms with E-state index < -0.39 is 67.3 Å². The van der Waals surface area contributed by atoms with Crippen molar-refractivity contribution < 1.29 is 58.2 Å². The van der Waals surface area contributed by atoms with Gasteiger partial charge < -0.3 is 39.0 Å². The number of unbranched alkanes of at least 4 members (excludes halogenated alkanes) is 31. The van der Waals surface area contributed by atoms with Gasteiger partial charge in [0, 0.05) is 19.3 Å². The summed E-state index contributed by atoms with van der Waals surface area (Å²) in [5, 5.41) is 31.5. The third kappa shape index (κ3) is 39.9. The second-order valence-corrected chi connectivity index (χ2v) is 20.6. The van der Waals surface area contributed by atoms with Gasteiger partial charge in [-0.1, -0.05) is 218 Å². The minimum absolute atomic E-state index is 0.0522. The van der Waals surface area contributed by atoms with Crippen molar-refractivity contribution >= 4 is 23.9 Å². The SMILES string of the molecule is CCCCC/C=C\C/C=C\CCCCCCCC(=O)OCC(COC1OC(C(=O)O)C(O)C(O)C1OC(=O)CCCCCCC/C=C\CCCCCCCC)OC(=O)CCCCCCCCCCCCCCC. The fourth-order valence-electron chi connectivity index (χ4n) is 9.04. The summed E-state index contributed by atoms with van der Waals surface area (Å²) in [4.78, 5) is 51.1. The summed E-state index contributed by atoms with van der Waals surface area (Å²) in [6.07, 6.45) is 45.4. The smallest absolute Gasteiger partial charge is 0.335 e. The van der Waals surface area contributed by atoms with Crippen LogP contribution in [-0.4, -0.2) is 89.2 Å². The van der Waals surface area contributed by atoms with E-state index in [-0.39, 0.29) is 25.9 Å². The molecule has 0 spiro atoms. The highest BCUT2D eigenvalue weighted by Crippen LogP contribution is 2.26. The highest BCUT2D eigenvalue weighted by atomic mass is 16.7. The molecule has 0 aromatic carbocycles. The van der Waals surface area contributed by atoms with Gasteiger partial charge in [0.2, 0.25) is 0 Å². The summed E-state index contributed by atoms with van der Waals surface area (Å²) >= 11 is 0. The lowest BCUT2D eigenvalue weighted by Gasteiger charge is -2.40. The Morgan fingerprint density at radius 2 is 0.822 bits per heavy atom. The van der Waals surface area contributed by atoms with E-state index in [0.29, 0.717) is 19.3 Å². The summed E-state index contributed by atoms with van der Waals surface area (Å²) in [6.45, 7) is 5.96. The molecule has 0 amide bonds. The summed E-state index contributed by atoms with van der Waals surface area (Å²) in [6, 6.07) is 0. The summed E-state index contributed by atoms with van der Waals surface area (Å²) in [7, 11) is 0. The molecule has 1 rings (SSSR count). The summed E-state index contributed by atoms with van der Waals surface area (Å²) in [5.41, 5.74) is 0. The molecular formula is C61H108O12. The molecule has 424 valence electrons. The first-order valence-electron chi connectivity index (χ1n) is 30.0. The Labute approximate surface area is 444 Å². The van der Waals surface area contributed by atoms with E-state index in [1.165, 1.54) is 116 Å². The maximum Gasteiger partial charge on any atom is 0.335 e. The number of allylic oxidation sites excluding steroid dienone is 6. The zero-order valence-electron chi connectivity index (χ0n) is 46.6. The van der Waals surface area contributed by atoms with Crippen LogP contribution in [0.3, 0.4) is 0 Å². The molecule has 0 aromatic heterocycles. The van der Waals surface area contributed by atoms with Crippen LogP contribution in [0.5, 0.6) is 0 Å². The Kier molecular flexibility index (Phi) is 46.4. The van der Waals surface area contributed by atoms with Gasteiger partial charge in [-0.25, -0.2) is 4.79 Å². The average Bonchev–Trinajstić information content (AvgIpc) is 3.37. The Bertz CT molecular complexity index is 1410. The predicted octanol–water partition coefficient (Wildman–Crippen LogP) is 15.2. The largest absolute Gasteiger partial charge is 0.479 e. The standard InChI is InChI=1S/C61H108O12/c1-4-7-10-13-16-19-22-25-27-30-32-35-38-41-44-47-53(62)69-50-52(71-54(63)48-45-42-39-36-33-29-24-21-18-15-12-9-6-3)51-70-61-59(57(66)56(65)58(73-61)60(67)68)72-55(64)49-46-43-40-37-34-31-28-26-23-20-17-14-11-8-5-2/h16,19,25-28,52,56-59,61,65-66H,4-15,17-18,20-24,29-51H2,1-3H3,(H,67,68)/b19-16-,27-25-,28-26-. The molecule has 0 aromatic rings. The monoisotopic (exact) mass is 1030 g/mol. The molecule has 73 heavy (non-hydrogen) atoms. The van der Waals surface area contributed by atoms with Gasteiger partial charge in [0.05, 0.1) is 6.61 Å². The zero-order valence-corrected chi connectivity index (χ0v) is 46.6. The summed E-state index contributed by atoms with van der Waals surface area (Å²) in [5.74, 6) is -3.12. The molecule has 12 heteroatoms. The molecule has 1 aliphatic rings. The van der Waals surface area contributed by atoms with Crippen LogP contribution < -0.4 is 0 Å². The lowest BCUT2D eigenvalue weighted by atomic mass is 9.98. The van der Waals surface area contributed by atoms with Crippen LogP contribution in [0.15, 0.2) is 36.5 Å². The van der Waals surface area contributed by atoms with Crippen LogP contribution in [-0.2, 0) is 42.9 Å². The van der Waals surface area contributed by atoms with Crippen LogP contribution in [0.25, 0.3) is 0 Å². The van der Waals surface area contributed by atoms with E-state index in [1.807, 2.05) is 0 Å². The lowest BCUT2D eigenvalue weighted by molar-refractivity contribution is -0.301. The van der Waals surface area contributed by atoms with Gasteiger partial charge in [0.1, 0.15) is 18.8 Å². The fourth-order valence-corrected chi connectivity index (χ4v) is 9.04. The molecule has 0 radical (unpaired) electrons. The number of carbonyl (C=O) groups excluding carboxylic acids is 3. The minimum atomic E-state index is -1.90. The number of esters is 3. The second-order valence-electron chi connectivity index (χ2n) is 20.6. The van der Waals surface area contributed by atoms with Crippen LogP contribution >= 0.6 is 0 Å². The number of aliphatic hydroxyl groups excluding tert-OH is 2. The van der Waals surface area contributed by atoms with E-state index in [4.69, 9.17) is 23.7 Å². The van der Waals surface area contributed by atoms with E-state index in [9.17, 15) is 34.5 Å². The highest BCUT2D eigenvalue weighted by Gasteiger charge is 2.50. The van der Waals surface area contributed by atoms with Crippen LogP contribution in [0, 0.1) is 0 Å². The van der Waals surface area contributed by atoms with Crippen molar-refractivity contribution in [3.05, 3.63) is 36.5 Å². The van der Waals surface area contributed by atoms with Crippen LogP contribution in [0.4, 0.5) is 0 Å². The average molecular weight is 1030 g/mol. The number of carbonyl (C=O) groups is 4. The molecule has 0 aliphatic carbocycles. The minimum Gasteiger partial charge on any atom is -0.479 e. The predicted molar refractivity (Wildman–Crippen MR) is 294 cm³/mol. The number of carboxylic acid groups (broad SMARTS) is 1. The van der Waals surface area contributed by atoms with E-state index in [0.717, 1.165) is 103 Å². The Hall–Kier alpha value is -3.06. The van der Waals surface area contributed by atoms with Crippen molar-refractivity contribution in [3.8, 4) is 0 Å². The first kappa shape index (κ1) is 68.0. The van der Waals surface area contributed by atoms with E-state index >= 15 is 0 Å².